The molecule has 1 amide bonds. The maximum atomic E-state index is 12.8. The van der Waals surface area contributed by atoms with E-state index in [-0.39, 0.29) is 18.6 Å². The first kappa shape index (κ1) is 16.7. The highest BCUT2D eigenvalue weighted by atomic mass is 16.5. The number of aliphatic hydroxyl groups excluding tert-OH is 1. The number of carbonyl (C=O) groups excluding carboxylic acids is 1. The lowest BCUT2D eigenvalue weighted by atomic mass is 10.1. The lowest BCUT2D eigenvalue weighted by molar-refractivity contribution is -0.0184. The molecule has 1 saturated heterocycles. The van der Waals surface area contributed by atoms with Crippen LogP contribution in [0.2, 0.25) is 0 Å². The third-order valence-electron chi connectivity index (χ3n) is 4.60. The molecule has 2 aromatic heterocycles. The van der Waals surface area contributed by atoms with Crippen molar-refractivity contribution >= 4 is 17.1 Å². The molecule has 3 aromatic rings. The van der Waals surface area contributed by atoms with Crippen LogP contribution in [0.1, 0.15) is 15.9 Å². The number of ether oxygens (including phenoxy) is 1. The van der Waals surface area contributed by atoms with Gasteiger partial charge in [-0.2, -0.15) is 0 Å². The van der Waals surface area contributed by atoms with Gasteiger partial charge in [0.1, 0.15) is 5.52 Å². The van der Waals surface area contributed by atoms with E-state index in [1.54, 1.807) is 23.5 Å². The molecule has 7 heteroatoms. The highest BCUT2D eigenvalue weighted by Gasteiger charge is 2.28. The quantitative estimate of drug-likeness (QED) is 0.766. The smallest absolute Gasteiger partial charge is 0.255 e. The van der Waals surface area contributed by atoms with Gasteiger partial charge >= 0.3 is 0 Å². The molecule has 26 heavy (non-hydrogen) atoms. The van der Waals surface area contributed by atoms with E-state index in [0.717, 1.165) is 11.2 Å². The summed E-state index contributed by atoms with van der Waals surface area (Å²) in [4.78, 5) is 23.3. The Bertz CT molecular complexity index is 910. The minimum absolute atomic E-state index is 0.118. The highest BCUT2D eigenvalue weighted by Crippen LogP contribution is 2.17. The van der Waals surface area contributed by atoms with Gasteiger partial charge in [0.05, 0.1) is 44.3 Å². The van der Waals surface area contributed by atoms with Gasteiger partial charge in [0, 0.05) is 12.7 Å². The van der Waals surface area contributed by atoms with Crippen LogP contribution >= 0.6 is 0 Å². The van der Waals surface area contributed by atoms with Crippen molar-refractivity contribution in [1.29, 1.82) is 0 Å². The number of aliphatic hydroxyl groups is 1. The molecule has 1 aliphatic rings. The van der Waals surface area contributed by atoms with Gasteiger partial charge in [0.15, 0.2) is 5.65 Å². The predicted octanol–water partition coefficient (Wildman–Crippen LogP) is 1.31. The second-order valence-corrected chi connectivity index (χ2v) is 6.33. The second-order valence-electron chi connectivity index (χ2n) is 6.33. The summed E-state index contributed by atoms with van der Waals surface area (Å²) < 4.78 is 7.30. The number of hydrogen-bond donors (Lipinski definition) is 1. The van der Waals surface area contributed by atoms with Gasteiger partial charge in [-0.25, -0.2) is 9.97 Å². The number of rotatable bonds is 4. The molecule has 7 nitrogen and oxygen atoms in total. The number of amides is 1. The SMILES string of the molecule is O=C(c1cnc2c(c1)ncn2Cc1ccccc1)N1CCOCC1CO. The summed E-state index contributed by atoms with van der Waals surface area (Å²) in [6.45, 7) is 1.85. The van der Waals surface area contributed by atoms with Gasteiger partial charge in [-0.05, 0) is 11.6 Å². The van der Waals surface area contributed by atoms with Crippen LogP contribution in [0, 0.1) is 0 Å². The lowest BCUT2D eigenvalue weighted by Crippen LogP contribution is -2.50. The number of carbonyl (C=O) groups is 1. The Morgan fingerprint density at radius 2 is 2.12 bits per heavy atom. The minimum Gasteiger partial charge on any atom is -0.394 e. The molecule has 0 spiro atoms. The molecule has 1 N–H and O–H groups in total. The minimum atomic E-state index is -0.317. The summed E-state index contributed by atoms with van der Waals surface area (Å²) in [5.74, 6) is -0.153. The van der Waals surface area contributed by atoms with E-state index in [9.17, 15) is 9.90 Å². The van der Waals surface area contributed by atoms with Gasteiger partial charge in [0.2, 0.25) is 0 Å². The Balaban J connectivity index is 1.59. The number of hydrogen-bond acceptors (Lipinski definition) is 5. The Kier molecular flexibility index (Phi) is 4.64. The maximum Gasteiger partial charge on any atom is 0.255 e. The highest BCUT2D eigenvalue weighted by molar-refractivity contribution is 5.96. The monoisotopic (exact) mass is 352 g/mol. The number of pyridine rings is 1. The molecule has 0 saturated carbocycles. The van der Waals surface area contributed by atoms with Gasteiger partial charge in [0.25, 0.3) is 5.91 Å². The van der Waals surface area contributed by atoms with E-state index >= 15 is 0 Å². The Labute approximate surface area is 150 Å². The summed E-state index contributed by atoms with van der Waals surface area (Å²) in [7, 11) is 0. The number of morpholine rings is 1. The lowest BCUT2D eigenvalue weighted by Gasteiger charge is -2.34. The molecule has 0 radical (unpaired) electrons. The van der Waals surface area contributed by atoms with Crippen molar-refractivity contribution < 1.29 is 14.6 Å². The van der Waals surface area contributed by atoms with Crippen molar-refractivity contribution in [1.82, 2.24) is 19.4 Å². The zero-order valence-electron chi connectivity index (χ0n) is 14.3. The average molecular weight is 352 g/mol. The van der Waals surface area contributed by atoms with Crippen molar-refractivity contribution in [3.63, 3.8) is 0 Å². The summed E-state index contributed by atoms with van der Waals surface area (Å²) in [5, 5.41) is 9.47. The molecule has 4 rings (SSSR count). The van der Waals surface area contributed by atoms with E-state index in [1.807, 2.05) is 22.8 Å². The molecule has 1 aromatic carbocycles. The summed E-state index contributed by atoms with van der Waals surface area (Å²) >= 11 is 0. The second kappa shape index (κ2) is 7.23. The van der Waals surface area contributed by atoms with E-state index in [2.05, 4.69) is 22.1 Å². The molecule has 1 fully saturated rings. The Morgan fingerprint density at radius 1 is 1.27 bits per heavy atom. The largest absolute Gasteiger partial charge is 0.394 e. The topological polar surface area (TPSA) is 80.5 Å². The first-order chi connectivity index (χ1) is 12.8. The van der Waals surface area contributed by atoms with Crippen molar-refractivity contribution in [2.24, 2.45) is 0 Å². The fourth-order valence-electron chi connectivity index (χ4n) is 3.20. The Morgan fingerprint density at radius 3 is 2.92 bits per heavy atom. The number of benzene rings is 1. The third-order valence-corrected chi connectivity index (χ3v) is 4.60. The van der Waals surface area contributed by atoms with Crippen molar-refractivity contribution in [2.45, 2.75) is 12.6 Å². The van der Waals surface area contributed by atoms with Crippen LogP contribution in [0.25, 0.3) is 11.2 Å². The predicted molar refractivity (Wildman–Crippen MR) is 95.8 cm³/mol. The zero-order chi connectivity index (χ0) is 17.9. The zero-order valence-corrected chi connectivity index (χ0v) is 14.3. The van der Waals surface area contributed by atoms with E-state index < -0.39 is 0 Å². The third kappa shape index (κ3) is 3.18. The fourth-order valence-corrected chi connectivity index (χ4v) is 3.20. The first-order valence-electron chi connectivity index (χ1n) is 8.60. The molecular weight excluding hydrogens is 332 g/mol. The van der Waals surface area contributed by atoms with Crippen molar-refractivity contribution in [3.05, 3.63) is 60.0 Å². The average Bonchev–Trinajstić information content (AvgIpc) is 3.10. The van der Waals surface area contributed by atoms with Crippen LogP contribution in [0.15, 0.2) is 48.9 Å². The Hall–Kier alpha value is -2.77. The molecule has 134 valence electrons. The molecule has 1 unspecified atom stereocenters. The van der Waals surface area contributed by atoms with Crippen LogP contribution in [0.4, 0.5) is 0 Å². The van der Waals surface area contributed by atoms with E-state index in [1.165, 1.54) is 0 Å². The maximum absolute atomic E-state index is 12.8. The molecule has 1 atom stereocenters. The molecule has 3 heterocycles. The van der Waals surface area contributed by atoms with Crippen LogP contribution < -0.4 is 0 Å². The van der Waals surface area contributed by atoms with Crippen LogP contribution in [0.3, 0.4) is 0 Å². The standard InChI is InChI=1S/C19H20N4O3/c24-11-16-12-26-7-6-23(16)19(25)15-8-17-18(20-9-15)22(13-21-17)10-14-4-2-1-3-5-14/h1-5,8-9,13,16,24H,6-7,10-12H2. The number of aromatic nitrogens is 3. The first-order valence-corrected chi connectivity index (χ1v) is 8.60. The van der Waals surface area contributed by atoms with Crippen LogP contribution in [-0.2, 0) is 11.3 Å². The van der Waals surface area contributed by atoms with E-state index in [4.69, 9.17) is 4.74 Å². The molecule has 0 aliphatic carbocycles. The molecule has 1 aliphatic heterocycles. The van der Waals surface area contributed by atoms with Crippen molar-refractivity contribution in [2.75, 3.05) is 26.4 Å². The van der Waals surface area contributed by atoms with Crippen LogP contribution in [-0.4, -0.2) is 62.9 Å². The molecular formula is C19H20N4O3. The number of imidazole rings is 1. The van der Waals surface area contributed by atoms with Crippen LogP contribution in [0.5, 0.6) is 0 Å². The van der Waals surface area contributed by atoms with Gasteiger partial charge in [-0.1, -0.05) is 30.3 Å². The van der Waals surface area contributed by atoms with Gasteiger partial charge in [-0.15, -0.1) is 0 Å². The normalized spacial score (nSPS) is 17.6. The molecule has 0 bridgehead atoms. The summed E-state index contributed by atoms with van der Waals surface area (Å²) in [5.41, 5.74) is 3.06. The van der Waals surface area contributed by atoms with E-state index in [0.29, 0.717) is 37.4 Å². The number of fused-ring (bicyclic) bond motifs is 1. The van der Waals surface area contributed by atoms with Crippen molar-refractivity contribution in [3.8, 4) is 0 Å². The summed E-state index contributed by atoms with van der Waals surface area (Å²) in [6.07, 6.45) is 3.32. The number of nitrogens with zero attached hydrogens (tertiary/aromatic N) is 4. The fraction of sp³-hybridized carbons (Fsp3) is 0.316. The summed E-state index contributed by atoms with van der Waals surface area (Å²) in [6, 6.07) is 11.5. The van der Waals surface area contributed by atoms with Gasteiger partial charge < -0.3 is 19.3 Å². The van der Waals surface area contributed by atoms with Gasteiger partial charge in [-0.3, -0.25) is 4.79 Å².